The van der Waals surface area contributed by atoms with E-state index in [9.17, 15) is 0 Å². The van der Waals surface area contributed by atoms with Crippen LogP contribution in [0, 0.1) is 18.3 Å². The zero-order chi connectivity index (χ0) is 17.8. The van der Waals surface area contributed by atoms with Gasteiger partial charge in [0.25, 0.3) is 0 Å². The van der Waals surface area contributed by atoms with Crippen molar-refractivity contribution in [1.82, 2.24) is 0 Å². The Kier molecular flexibility index (Phi) is 6.92. The van der Waals surface area contributed by atoms with Crippen LogP contribution >= 0.6 is 0 Å². The Morgan fingerprint density at radius 1 is 1.13 bits per heavy atom. The van der Waals surface area contributed by atoms with E-state index in [0.717, 1.165) is 5.69 Å². The van der Waals surface area contributed by atoms with Crippen LogP contribution in [0.25, 0.3) is 0 Å². The SMILES string of the molecule is C/C=C/C(C)c1c(N)ccc(C)c1C(C)C(CC)CC(C)(C)C. The summed E-state index contributed by atoms with van der Waals surface area (Å²) in [6, 6.07) is 4.27. The number of allylic oxidation sites excluding steroid dienone is 2. The van der Waals surface area contributed by atoms with Gasteiger partial charge in [-0.25, -0.2) is 0 Å². The van der Waals surface area contributed by atoms with Crippen LogP contribution in [0.2, 0.25) is 0 Å². The van der Waals surface area contributed by atoms with Gasteiger partial charge in [-0.2, -0.15) is 0 Å². The lowest BCUT2D eigenvalue weighted by molar-refractivity contribution is 0.261. The van der Waals surface area contributed by atoms with E-state index in [1.165, 1.54) is 29.5 Å². The number of anilines is 1. The fourth-order valence-corrected chi connectivity index (χ4v) is 3.96. The molecule has 0 saturated heterocycles. The molecule has 1 heteroatoms. The summed E-state index contributed by atoms with van der Waals surface area (Å²) < 4.78 is 0. The maximum absolute atomic E-state index is 6.39. The summed E-state index contributed by atoms with van der Waals surface area (Å²) >= 11 is 0. The Hall–Kier alpha value is -1.24. The normalized spacial score (nSPS) is 16.5. The third-order valence-electron chi connectivity index (χ3n) is 5.04. The minimum Gasteiger partial charge on any atom is -0.398 e. The highest BCUT2D eigenvalue weighted by atomic mass is 14.6. The van der Waals surface area contributed by atoms with E-state index in [2.05, 4.69) is 79.7 Å². The second-order valence-corrected chi connectivity index (χ2v) is 8.34. The molecule has 3 unspecified atom stereocenters. The van der Waals surface area contributed by atoms with Crippen molar-refractivity contribution in [3.8, 4) is 0 Å². The van der Waals surface area contributed by atoms with Gasteiger partial charge < -0.3 is 5.73 Å². The summed E-state index contributed by atoms with van der Waals surface area (Å²) in [5.41, 5.74) is 11.9. The summed E-state index contributed by atoms with van der Waals surface area (Å²) in [7, 11) is 0. The molecule has 1 rings (SSSR count). The second-order valence-electron chi connectivity index (χ2n) is 8.34. The third-order valence-corrected chi connectivity index (χ3v) is 5.04. The van der Waals surface area contributed by atoms with E-state index >= 15 is 0 Å². The van der Waals surface area contributed by atoms with Crippen molar-refractivity contribution in [3.63, 3.8) is 0 Å². The molecule has 3 atom stereocenters. The number of nitrogens with two attached hydrogens (primary N) is 1. The Morgan fingerprint density at radius 3 is 2.22 bits per heavy atom. The van der Waals surface area contributed by atoms with Gasteiger partial charge >= 0.3 is 0 Å². The van der Waals surface area contributed by atoms with Gasteiger partial charge in [-0.05, 0) is 60.3 Å². The molecule has 0 radical (unpaired) electrons. The lowest BCUT2D eigenvalue weighted by Gasteiger charge is -2.33. The maximum atomic E-state index is 6.39. The van der Waals surface area contributed by atoms with E-state index < -0.39 is 0 Å². The zero-order valence-corrected chi connectivity index (χ0v) is 16.5. The fourth-order valence-electron chi connectivity index (χ4n) is 3.96. The molecule has 130 valence electrons. The quantitative estimate of drug-likeness (QED) is 0.452. The van der Waals surface area contributed by atoms with Crippen molar-refractivity contribution in [1.29, 1.82) is 0 Å². The molecule has 0 aliphatic rings. The van der Waals surface area contributed by atoms with Crippen LogP contribution in [-0.2, 0) is 0 Å². The number of benzene rings is 1. The molecular formula is C22H37N. The van der Waals surface area contributed by atoms with Crippen LogP contribution in [0.3, 0.4) is 0 Å². The summed E-state index contributed by atoms with van der Waals surface area (Å²) in [6.07, 6.45) is 6.85. The van der Waals surface area contributed by atoms with Crippen LogP contribution in [-0.4, -0.2) is 0 Å². The fraction of sp³-hybridized carbons (Fsp3) is 0.636. The molecule has 0 aliphatic heterocycles. The van der Waals surface area contributed by atoms with Gasteiger partial charge in [-0.3, -0.25) is 0 Å². The molecule has 1 nitrogen and oxygen atoms in total. The molecule has 1 aromatic carbocycles. The van der Waals surface area contributed by atoms with E-state index in [1.807, 2.05) is 0 Å². The first-order valence-corrected chi connectivity index (χ1v) is 9.14. The molecule has 2 N–H and O–H groups in total. The Morgan fingerprint density at radius 2 is 1.74 bits per heavy atom. The molecule has 0 aliphatic carbocycles. The van der Waals surface area contributed by atoms with Crippen LogP contribution in [0.1, 0.15) is 89.8 Å². The van der Waals surface area contributed by atoms with Crippen LogP contribution in [0.5, 0.6) is 0 Å². The van der Waals surface area contributed by atoms with Crippen LogP contribution in [0.4, 0.5) is 5.69 Å². The first-order chi connectivity index (χ1) is 10.6. The predicted molar refractivity (Wildman–Crippen MR) is 105 cm³/mol. The topological polar surface area (TPSA) is 26.0 Å². The van der Waals surface area contributed by atoms with Crippen molar-refractivity contribution < 1.29 is 0 Å². The molecule has 0 heterocycles. The highest BCUT2D eigenvalue weighted by Gasteiger charge is 2.27. The molecule has 1 aromatic rings. The minimum absolute atomic E-state index is 0.359. The van der Waals surface area contributed by atoms with Crippen molar-refractivity contribution in [2.75, 3.05) is 5.73 Å². The lowest BCUT2D eigenvalue weighted by atomic mass is 9.72. The minimum atomic E-state index is 0.359. The van der Waals surface area contributed by atoms with Gasteiger partial charge in [0.15, 0.2) is 0 Å². The molecule has 0 aromatic heterocycles. The molecule has 0 spiro atoms. The number of aryl methyl sites for hydroxylation is 1. The van der Waals surface area contributed by atoms with E-state index in [-0.39, 0.29) is 0 Å². The van der Waals surface area contributed by atoms with Crippen molar-refractivity contribution >= 4 is 5.69 Å². The highest BCUT2D eigenvalue weighted by molar-refractivity contribution is 5.57. The second kappa shape index (κ2) is 8.04. The number of hydrogen-bond donors (Lipinski definition) is 1. The van der Waals surface area contributed by atoms with Gasteiger partial charge in [-0.15, -0.1) is 0 Å². The Bertz CT molecular complexity index is 534. The van der Waals surface area contributed by atoms with Crippen LogP contribution in [0.15, 0.2) is 24.3 Å². The van der Waals surface area contributed by atoms with Crippen molar-refractivity contribution in [2.24, 2.45) is 11.3 Å². The number of nitrogen functional groups attached to an aromatic ring is 1. The van der Waals surface area contributed by atoms with Gasteiger partial charge in [-0.1, -0.05) is 66.2 Å². The smallest absolute Gasteiger partial charge is 0.0355 e. The summed E-state index contributed by atoms with van der Waals surface area (Å²) in [4.78, 5) is 0. The monoisotopic (exact) mass is 315 g/mol. The van der Waals surface area contributed by atoms with Crippen LogP contribution < -0.4 is 5.73 Å². The largest absolute Gasteiger partial charge is 0.398 e. The van der Waals surface area contributed by atoms with Gasteiger partial charge in [0.05, 0.1) is 0 Å². The average Bonchev–Trinajstić information content (AvgIpc) is 2.45. The third kappa shape index (κ3) is 5.12. The summed E-state index contributed by atoms with van der Waals surface area (Å²) in [6.45, 7) is 18.3. The summed E-state index contributed by atoms with van der Waals surface area (Å²) in [5.74, 6) is 1.59. The first-order valence-electron chi connectivity index (χ1n) is 9.14. The Balaban J connectivity index is 3.36. The predicted octanol–water partition coefficient (Wildman–Crippen LogP) is 6.82. The molecule has 0 bridgehead atoms. The highest BCUT2D eigenvalue weighted by Crippen LogP contribution is 2.42. The molecular weight excluding hydrogens is 278 g/mol. The first kappa shape index (κ1) is 19.8. The van der Waals surface area contributed by atoms with Crippen molar-refractivity contribution in [2.45, 2.75) is 80.1 Å². The van der Waals surface area contributed by atoms with Gasteiger partial charge in [0.2, 0.25) is 0 Å². The van der Waals surface area contributed by atoms with Crippen molar-refractivity contribution in [3.05, 3.63) is 41.0 Å². The maximum Gasteiger partial charge on any atom is 0.0355 e. The standard InChI is InChI=1S/C22H37N/c1-9-11-15(3)21-19(23)13-12-16(4)20(21)17(5)18(10-2)14-22(6,7)8/h9,11-13,15,17-18H,10,14,23H2,1-8H3/b11-9+. The molecule has 23 heavy (non-hydrogen) atoms. The molecule has 0 amide bonds. The molecule has 0 saturated carbocycles. The van der Waals surface area contributed by atoms with Gasteiger partial charge in [0, 0.05) is 11.6 Å². The Labute approximate surface area is 144 Å². The number of rotatable bonds is 6. The zero-order valence-electron chi connectivity index (χ0n) is 16.5. The lowest BCUT2D eigenvalue weighted by Crippen LogP contribution is -2.20. The van der Waals surface area contributed by atoms with E-state index in [1.54, 1.807) is 0 Å². The van der Waals surface area contributed by atoms with E-state index in [4.69, 9.17) is 5.73 Å². The number of hydrogen-bond acceptors (Lipinski definition) is 1. The average molecular weight is 316 g/mol. The van der Waals surface area contributed by atoms with Gasteiger partial charge in [0.1, 0.15) is 0 Å². The van der Waals surface area contributed by atoms with E-state index in [0.29, 0.717) is 23.2 Å². The summed E-state index contributed by atoms with van der Waals surface area (Å²) in [5, 5.41) is 0. The molecule has 0 fully saturated rings.